The Labute approximate surface area is 117 Å². The number of ether oxygens (including phenoxy) is 1. The number of carbonyl (C=O) groups excluding carboxylic acids is 1. The van der Waals surface area contributed by atoms with Crippen molar-refractivity contribution in [1.82, 2.24) is 5.01 Å². The number of methoxy groups -OCH3 is 1. The van der Waals surface area contributed by atoms with E-state index in [2.05, 4.69) is 5.10 Å². The van der Waals surface area contributed by atoms with E-state index in [0.29, 0.717) is 17.5 Å². The van der Waals surface area contributed by atoms with Crippen LogP contribution in [-0.4, -0.2) is 36.4 Å². The molecule has 1 aliphatic carbocycles. The number of esters is 1. The van der Waals surface area contributed by atoms with Crippen molar-refractivity contribution < 1.29 is 13.9 Å². The molecule has 1 saturated heterocycles. The Hall–Kier alpha value is -1.91. The van der Waals surface area contributed by atoms with E-state index in [1.165, 1.54) is 19.2 Å². The van der Waals surface area contributed by atoms with E-state index in [1.807, 2.05) is 5.01 Å². The van der Waals surface area contributed by atoms with Crippen LogP contribution in [0.4, 0.5) is 4.39 Å². The Kier molecular flexibility index (Phi) is 3.42. The number of nitrogens with zero attached hydrogens (tertiary/aromatic N) is 2. The number of halogens is 1. The van der Waals surface area contributed by atoms with Gasteiger partial charge in [0.1, 0.15) is 11.9 Å². The maximum absolute atomic E-state index is 13.1. The van der Waals surface area contributed by atoms with Crippen molar-refractivity contribution >= 4 is 12.2 Å². The molecule has 3 atom stereocenters. The lowest BCUT2D eigenvalue weighted by atomic mass is 10.00. The number of piperidine rings is 1. The van der Waals surface area contributed by atoms with Crippen molar-refractivity contribution in [3.05, 3.63) is 35.6 Å². The number of carbonyl (C=O) groups is 1. The van der Waals surface area contributed by atoms with Crippen LogP contribution in [0.5, 0.6) is 0 Å². The van der Waals surface area contributed by atoms with Gasteiger partial charge in [0.25, 0.3) is 0 Å². The molecular formula is C15H17FN2O2. The minimum absolute atomic E-state index is 0.228. The average Bonchev–Trinajstić information content (AvgIpc) is 3.05. The van der Waals surface area contributed by atoms with Crippen LogP contribution in [-0.2, 0) is 9.53 Å². The van der Waals surface area contributed by atoms with Gasteiger partial charge in [-0.25, -0.2) is 9.18 Å². The van der Waals surface area contributed by atoms with Crippen LogP contribution in [0.15, 0.2) is 29.4 Å². The lowest BCUT2D eigenvalue weighted by molar-refractivity contribution is -0.148. The number of fused-ring (bicyclic) bond motifs is 2. The van der Waals surface area contributed by atoms with Gasteiger partial charge < -0.3 is 4.74 Å². The summed E-state index contributed by atoms with van der Waals surface area (Å²) in [6, 6.07) is 6.26. The van der Waals surface area contributed by atoms with Crippen molar-refractivity contribution in [2.24, 2.45) is 11.0 Å². The topological polar surface area (TPSA) is 41.9 Å². The monoisotopic (exact) mass is 276 g/mol. The van der Waals surface area contributed by atoms with E-state index in [-0.39, 0.29) is 17.8 Å². The van der Waals surface area contributed by atoms with Gasteiger partial charge in [0.05, 0.1) is 13.3 Å². The average molecular weight is 276 g/mol. The van der Waals surface area contributed by atoms with Crippen molar-refractivity contribution in [2.75, 3.05) is 7.11 Å². The van der Waals surface area contributed by atoms with Crippen molar-refractivity contribution in [2.45, 2.75) is 31.3 Å². The van der Waals surface area contributed by atoms with Gasteiger partial charge in [-0.2, -0.15) is 5.10 Å². The molecule has 106 valence electrons. The Bertz CT molecular complexity index is 546. The fourth-order valence-corrected chi connectivity index (χ4v) is 3.27. The van der Waals surface area contributed by atoms with E-state index in [9.17, 15) is 9.18 Å². The molecule has 0 spiro atoms. The predicted octanol–water partition coefficient (Wildman–Crippen LogP) is 2.19. The largest absolute Gasteiger partial charge is 0.467 e. The first kappa shape index (κ1) is 13.1. The second kappa shape index (κ2) is 5.23. The molecule has 4 nitrogen and oxygen atoms in total. The van der Waals surface area contributed by atoms with Crippen LogP contribution in [0.25, 0.3) is 0 Å². The maximum Gasteiger partial charge on any atom is 0.330 e. The van der Waals surface area contributed by atoms with Crippen LogP contribution in [0, 0.1) is 11.7 Å². The molecule has 2 aliphatic rings. The molecule has 0 N–H and O–H groups in total. The highest BCUT2D eigenvalue weighted by Crippen LogP contribution is 2.42. The van der Waals surface area contributed by atoms with Gasteiger partial charge in [-0.3, -0.25) is 5.01 Å². The van der Waals surface area contributed by atoms with Gasteiger partial charge in [0, 0.05) is 6.04 Å². The van der Waals surface area contributed by atoms with E-state index in [1.54, 1.807) is 18.3 Å². The van der Waals surface area contributed by atoms with E-state index < -0.39 is 0 Å². The molecular weight excluding hydrogens is 259 g/mol. The second-order valence-electron chi connectivity index (χ2n) is 5.37. The third-order valence-corrected chi connectivity index (χ3v) is 4.18. The zero-order valence-electron chi connectivity index (χ0n) is 11.3. The third kappa shape index (κ3) is 2.28. The highest BCUT2D eigenvalue weighted by atomic mass is 19.1. The van der Waals surface area contributed by atoms with Crippen molar-refractivity contribution in [1.29, 1.82) is 0 Å². The summed E-state index contributed by atoms with van der Waals surface area (Å²) in [6.07, 6.45) is 4.70. The fourth-order valence-electron chi connectivity index (χ4n) is 3.27. The Morgan fingerprint density at radius 2 is 2.35 bits per heavy atom. The van der Waals surface area contributed by atoms with E-state index in [0.717, 1.165) is 19.3 Å². The molecule has 0 radical (unpaired) electrons. The molecule has 5 heteroatoms. The number of hydrogen-bond acceptors (Lipinski definition) is 4. The third-order valence-electron chi connectivity index (χ3n) is 4.18. The molecule has 3 rings (SSSR count). The number of rotatable bonds is 3. The quantitative estimate of drug-likeness (QED) is 0.627. The molecule has 1 aromatic rings. The van der Waals surface area contributed by atoms with E-state index in [4.69, 9.17) is 4.74 Å². The summed E-state index contributed by atoms with van der Waals surface area (Å²) in [5.74, 6) is -0.188. The van der Waals surface area contributed by atoms with Crippen LogP contribution < -0.4 is 0 Å². The number of benzene rings is 1. The smallest absolute Gasteiger partial charge is 0.330 e. The second-order valence-corrected chi connectivity index (χ2v) is 5.37. The number of hydrazone groups is 1. The summed E-state index contributed by atoms with van der Waals surface area (Å²) in [7, 11) is 1.41. The molecule has 2 fully saturated rings. The molecule has 0 unspecified atom stereocenters. The summed E-state index contributed by atoms with van der Waals surface area (Å²) in [6.45, 7) is 0. The van der Waals surface area contributed by atoms with Gasteiger partial charge in [0.2, 0.25) is 0 Å². The molecule has 1 aromatic carbocycles. The molecule has 1 heterocycles. The van der Waals surface area contributed by atoms with Gasteiger partial charge >= 0.3 is 5.97 Å². The minimum atomic E-state index is -0.290. The maximum atomic E-state index is 13.1. The molecule has 0 aromatic heterocycles. The molecule has 20 heavy (non-hydrogen) atoms. The Morgan fingerprint density at radius 1 is 1.50 bits per heavy atom. The SMILES string of the molecule is COC(=O)[C@@H]1[C@H]2CC[C@H](C2)N1/N=C/c1cccc(F)c1. The summed E-state index contributed by atoms with van der Waals surface area (Å²) in [4.78, 5) is 11.9. The van der Waals surface area contributed by atoms with E-state index >= 15 is 0 Å². The Balaban J connectivity index is 1.80. The van der Waals surface area contributed by atoms with Crippen molar-refractivity contribution in [3.8, 4) is 0 Å². The summed E-state index contributed by atoms with van der Waals surface area (Å²) < 4.78 is 18.0. The standard InChI is InChI=1S/C15H17FN2O2/c1-20-15(19)14-11-5-6-13(8-11)18(14)17-9-10-3-2-4-12(16)7-10/h2-4,7,9,11,13-14H,5-6,8H2,1H3/b17-9+/t11-,13+,14-/m0/s1. The molecule has 0 amide bonds. The van der Waals surface area contributed by atoms with Crippen LogP contribution >= 0.6 is 0 Å². The predicted molar refractivity (Wildman–Crippen MR) is 72.8 cm³/mol. The Morgan fingerprint density at radius 3 is 3.10 bits per heavy atom. The molecule has 1 aliphatic heterocycles. The van der Waals surface area contributed by atoms with Crippen LogP contribution in [0.3, 0.4) is 0 Å². The highest BCUT2D eigenvalue weighted by Gasteiger charge is 2.49. The highest BCUT2D eigenvalue weighted by molar-refractivity contribution is 5.80. The zero-order valence-corrected chi connectivity index (χ0v) is 11.3. The lowest BCUT2D eigenvalue weighted by Gasteiger charge is -2.30. The van der Waals surface area contributed by atoms with Crippen LogP contribution in [0.1, 0.15) is 24.8 Å². The van der Waals surface area contributed by atoms with Gasteiger partial charge in [-0.15, -0.1) is 0 Å². The lowest BCUT2D eigenvalue weighted by Crippen LogP contribution is -2.43. The van der Waals surface area contributed by atoms with Gasteiger partial charge in [0.15, 0.2) is 0 Å². The number of hydrogen-bond donors (Lipinski definition) is 0. The fraction of sp³-hybridized carbons (Fsp3) is 0.467. The minimum Gasteiger partial charge on any atom is -0.467 e. The summed E-state index contributed by atoms with van der Waals surface area (Å²) in [5.41, 5.74) is 0.691. The first-order valence-electron chi connectivity index (χ1n) is 6.85. The summed E-state index contributed by atoms with van der Waals surface area (Å²) >= 11 is 0. The van der Waals surface area contributed by atoms with Crippen molar-refractivity contribution in [3.63, 3.8) is 0 Å². The van der Waals surface area contributed by atoms with Gasteiger partial charge in [-0.05, 0) is 42.9 Å². The zero-order chi connectivity index (χ0) is 14.1. The normalized spacial score (nSPS) is 28.3. The molecule has 2 bridgehead atoms. The molecule has 1 saturated carbocycles. The first-order chi connectivity index (χ1) is 9.69. The van der Waals surface area contributed by atoms with Gasteiger partial charge in [-0.1, -0.05) is 12.1 Å². The summed E-state index contributed by atoms with van der Waals surface area (Å²) in [5, 5.41) is 6.25. The first-order valence-corrected chi connectivity index (χ1v) is 6.85. The van der Waals surface area contributed by atoms with Crippen LogP contribution in [0.2, 0.25) is 0 Å².